The predicted molar refractivity (Wildman–Crippen MR) is 183 cm³/mol. The topological polar surface area (TPSA) is 167 Å². The average molecular weight is 679 g/mol. The summed E-state index contributed by atoms with van der Waals surface area (Å²) in [5, 5.41) is 11.5. The Hall–Kier alpha value is -3.83. The summed E-state index contributed by atoms with van der Waals surface area (Å²) in [6.07, 6.45) is 11.2. The lowest BCUT2D eigenvalue weighted by Crippen LogP contribution is -2.62. The van der Waals surface area contributed by atoms with E-state index in [-0.39, 0.29) is 35.4 Å². The fourth-order valence-electron chi connectivity index (χ4n) is 7.95. The van der Waals surface area contributed by atoms with E-state index in [0.717, 1.165) is 64.2 Å². The van der Waals surface area contributed by atoms with Gasteiger partial charge in [-0.25, -0.2) is 0 Å². The normalized spacial score (nSPS) is 24.2. The number of carbonyl (C=O) groups is 6. The van der Waals surface area contributed by atoms with Crippen LogP contribution in [0.4, 0.5) is 0 Å². The van der Waals surface area contributed by atoms with Gasteiger partial charge in [-0.1, -0.05) is 65.9 Å². The summed E-state index contributed by atoms with van der Waals surface area (Å²) in [5.41, 5.74) is -0.517. The molecule has 268 valence electrons. The summed E-state index contributed by atoms with van der Waals surface area (Å²) in [4.78, 5) is 87.6. The number of fused-ring (bicyclic) bond motifs is 1. The van der Waals surface area contributed by atoms with Crippen LogP contribution in [0.3, 0.4) is 0 Å². The molecule has 4 N–H and O–H groups in total. The summed E-state index contributed by atoms with van der Waals surface area (Å²) in [7, 11) is 0. The van der Waals surface area contributed by atoms with Crippen molar-refractivity contribution in [1.29, 1.82) is 0 Å². The summed E-state index contributed by atoms with van der Waals surface area (Å²) < 4.78 is 0. The number of hydrogen-bond acceptors (Lipinski definition) is 7. The lowest BCUT2D eigenvalue weighted by atomic mass is 9.82. The molecule has 4 fully saturated rings. The van der Waals surface area contributed by atoms with Crippen LogP contribution in [0.15, 0.2) is 24.4 Å². The van der Waals surface area contributed by atoms with Crippen LogP contribution in [0.25, 0.3) is 0 Å². The molecule has 1 aromatic heterocycles. The fraction of sp³-hybridized carbons (Fsp3) is 0.703. The largest absolute Gasteiger partial charge is 0.347 e. The van der Waals surface area contributed by atoms with Crippen molar-refractivity contribution < 1.29 is 28.8 Å². The van der Waals surface area contributed by atoms with Crippen molar-refractivity contribution in [3.05, 3.63) is 30.1 Å². The third-order valence-corrected chi connectivity index (χ3v) is 10.8. The number of aromatic nitrogens is 1. The first-order valence-corrected chi connectivity index (χ1v) is 18.4. The van der Waals surface area contributed by atoms with E-state index < -0.39 is 59.0 Å². The Bertz CT molecular complexity index is 1390. The molecule has 12 nitrogen and oxygen atoms in total. The minimum atomic E-state index is -0.982. The number of hydrogen-bond donors (Lipinski definition) is 4. The molecule has 2 heterocycles. The summed E-state index contributed by atoms with van der Waals surface area (Å²) in [6, 6.07) is 1.41. The molecule has 12 heteroatoms. The summed E-state index contributed by atoms with van der Waals surface area (Å²) in [5.74, 6) is -3.06. The van der Waals surface area contributed by atoms with Gasteiger partial charge >= 0.3 is 0 Å². The second-order valence-corrected chi connectivity index (χ2v) is 15.6. The standard InChI is InChI=1S/C37H54N6O6/c1-5-12-26(30(44)35(48)39-24-18-19-24)40-34(47)29-25-16-11-15-23(25)21-43(29)36(49)31(37(2,3)4)42-33(46)28(22-13-7-6-8-14-22)41-32(45)27-17-9-10-20-38-27/h9-10,17,20,22-26,28-29,31H,5-8,11-16,18-19,21H2,1-4H3,(H,39,48)(H,40,47)(H,41,45)(H,42,46)/t23-,25-,26-,28-,29-,31+/m0/s1. The van der Waals surface area contributed by atoms with Gasteiger partial charge in [-0.3, -0.25) is 33.8 Å². The molecule has 3 saturated carbocycles. The van der Waals surface area contributed by atoms with E-state index >= 15 is 0 Å². The molecule has 4 aliphatic rings. The Morgan fingerprint density at radius 1 is 0.898 bits per heavy atom. The minimum absolute atomic E-state index is 0.0159. The highest BCUT2D eigenvalue weighted by Gasteiger charge is 2.52. The molecule has 3 aliphatic carbocycles. The number of pyridine rings is 1. The van der Waals surface area contributed by atoms with Crippen LogP contribution in [0.5, 0.6) is 0 Å². The van der Waals surface area contributed by atoms with Crippen LogP contribution < -0.4 is 21.3 Å². The molecule has 0 unspecified atom stereocenters. The second kappa shape index (κ2) is 15.8. The van der Waals surface area contributed by atoms with Crippen LogP contribution in [-0.4, -0.2) is 82.0 Å². The Labute approximate surface area is 289 Å². The first-order valence-electron chi connectivity index (χ1n) is 18.4. The molecular weight excluding hydrogens is 624 g/mol. The Morgan fingerprint density at radius 2 is 1.63 bits per heavy atom. The summed E-state index contributed by atoms with van der Waals surface area (Å²) >= 11 is 0. The molecule has 49 heavy (non-hydrogen) atoms. The van der Waals surface area contributed by atoms with Gasteiger partial charge in [0.25, 0.3) is 11.8 Å². The zero-order valence-corrected chi connectivity index (χ0v) is 29.5. The van der Waals surface area contributed by atoms with Crippen molar-refractivity contribution in [2.24, 2.45) is 23.2 Å². The predicted octanol–water partition coefficient (Wildman–Crippen LogP) is 3.05. The number of likely N-dealkylation sites (tertiary alicyclic amines) is 1. The lowest BCUT2D eigenvalue weighted by Gasteiger charge is -2.38. The second-order valence-electron chi connectivity index (χ2n) is 15.6. The number of Topliss-reactive ketones (excluding diaryl/α,β-unsaturated/α-hetero) is 1. The van der Waals surface area contributed by atoms with Gasteiger partial charge in [0.05, 0.1) is 6.04 Å². The highest BCUT2D eigenvalue weighted by molar-refractivity contribution is 6.38. The SMILES string of the molecule is CCC[C@H](NC(=O)[C@@H]1[C@H]2CCC[C@H]2CN1C(=O)[C@@H](NC(=O)[C@@H](NC(=O)c1ccccn1)C1CCCCC1)C(C)(C)C)C(=O)C(=O)NC1CC1. The van der Waals surface area contributed by atoms with Crippen molar-refractivity contribution in [3.8, 4) is 0 Å². The number of amides is 5. The zero-order chi connectivity index (χ0) is 35.3. The van der Waals surface area contributed by atoms with Crippen LogP contribution in [0.1, 0.15) is 115 Å². The van der Waals surface area contributed by atoms with E-state index in [2.05, 4.69) is 26.3 Å². The number of carbonyl (C=O) groups excluding carboxylic acids is 6. The molecule has 0 aromatic carbocycles. The molecule has 1 aliphatic heterocycles. The van der Waals surface area contributed by atoms with Crippen molar-refractivity contribution in [3.63, 3.8) is 0 Å². The van der Waals surface area contributed by atoms with E-state index in [4.69, 9.17) is 0 Å². The maximum Gasteiger partial charge on any atom is 0.289 e. The quantitative estimate of drug-likeness (QED) is 0.233. The average Bonchev–Trinajstić information content (AvgIpc) is 3.65. The monoisotopic (exact) mass is 678 g/mol. The molecule has 1 saturated heterocycles. The lowest BCUT2D eigenvalue weighted by molar-refractivity contribution is -0.146. The van der Waals surface area contributed by atoms with E-state index in [0.29, 0.717) is 19.4 Å². The molecule has 0 spiro atoms. The van der Waals surface area contributed by atoms with Crippen LogP contribution in [-0.2, 0) is 24.0 Å². The van der Waals surface area contributed by atoms with Crippen LogP contribution in [0.2, 0.25) is 0 Å². The van der Waals surface area contributed by atoms with E-state index in [1.807, 2.05) is 27.7 Å². The van der Waals surface area contributed by atoms with Crippen molar-refractivity contribution in [2.75, 3.05) is 6.54 Å². The number of ketones is 1. The zero-order valence-electron chi connectivity index (χ0n) is 29.5. The third-order valence-electron chi connectivity index (χ3n) is 10.8. The Kier molecular flexibility index (Phi) is 11.8. The minimum Gasteiger partial charge on any atom is -0.347 e. The van der Waals surface area contributed by atoms with Gasteiger partial charge < -0.3 is 26.2 Å². The van der Waals surface area contributed by atoms with E-state index in [1.54, 1.807) is 23.1 Å². The molecular formula is C37H54N6O6. The molecule has 0 bridgehead atoms. The fourth-order valence-corrected chi connectivity index (χ4v) is 7.95. The van der Waals surface area contributed by atoms with Crippen LogP contribution in [0, 0.1) is 23.2 Å². The first kappa shape index (κ1) is 36.5. The van der Waals surface area contributed by atoms with Gasteiger partial charge in [-0.2, -0.15) is 0 Å². The highest BCUT2D eigenvalue weighted by Crippen LogP contribution is 2.43. The number of nitrogens with one attached hydrogen (secondary N) is 4. The molecule has 5 amide bonds. The van der Waals surface area contributed by atoms with Crippen LogP contribution >= 0.6 is 0 Å². The first-order chi connectivity index (χ1) is 23.4. The Morgan fingerprint density at radius 3 is 2.27 bits per heavy atom. The Balaban J connectivity index is 1.36. The smallest absolute Gasteiger partial charge is 0.289 e. The highest BCUT2D eigenvalue weighted by atomic mass is 16.2. The van der Waals surface area contributed by atoms with Gasteiger partial charge in [0.1, 0.15) is 23.8 Å². The molecule has 1 aromatic rings. The van der Waals surface area contributed by atoms with E-state index in [9.17, 15) is 28.8 Å². The van der Waals surface area contributed by atoms with Gasteiger partial charge in [0.15, 0.2) is 0 Å². The molecule has 6 atom stereocenters. The van der Waals surface area contributed by atoms with Gasteiger partial charge in [-0.05, 0) is 80.2 Å². The van der Waals surface area contributed by atoms with Crippen molar-refractivity contribution in [1.82, 2.24) is 31.2 Å². The van der Waals surface area contributed by atoms with E-state index in [1.165, 1.54) is 6.20 Å². The maximum atomic E-state index is 14.6. The summed E-state index contributed by atoms with van der Waals surface area (Å²) in [6.45, 7) is 7.88. The number of nitrogens with zero attached hydrogens (tertiary/aromatic N) is 2. The molecule has 5 rings (SSSR count). The third kappa shape index (κ3) is 8.86. The van der Waals surface area contributed by atoms with Gasteiger partial charge in [-0.15, -0.1) is 0 Å². The van der Waals surface area contributed by atoms with Gasteiger partial charge in [0.2, 0.25) is 23.5 Å². The number of rotatable bonds is 13. The maximum absolute atomic E-state index is 14.6. The van der Waals surface area contributed by atoms with Crippen molar-refractivity contribution >= 4 is 35.3 Å². The van der Waals surface area contributed by atoms with Gasteiger partial charge in [0, 0.05) is 18.8 Å². The molecule has 0 radical (unpaired) electrons. The van der Waals surface area contributed by atoms with Crippen molar-refractivity contribution in [2.45, 2.75) is 135 Å².